The predicted octanol–water partition coefficient (Wildman–Crippen LogP) is 4.23. The molecule has 0 aliphatic heterocycles. The minimum Gasteiger partial charge on any atom is -0.359 e. The third-order valence-electron chi connectivity index (χ3n) is 4.73. The summed E-state index contributed by atoms with van der Waals surface area (Å²) in [5.41, 5.74) is 4.23. The van der Waals surface area contributed by atoms with E-state index in [-0.39, 0.29) is 5.91 Å². The first-order valence-electron chi connectivity index (χ1n) is 9.30. The van der Waals surface area contributed by atoms with Crippen molar-refractivity contribution in [3.63, 3.8) is 0 Å². The molecule has 4 rings (SSSR count). The van der Waals surface area contributed by atoms with Crippen LogP contribution in [0.5, 0.6) is 0 Å². The summed E-state index contributed by atoms with van der Waals surface area (Å²) in [4.78, 5) is 17.9. The molecule has 0 radical (unpaired) electrons. The Morgan fingerprint density at radius 1 is 1.21 bits per heavy atom. The molecule has 0 atom stereocenters. The standard InChI is InChI=1S/C21H21N5O2/c1-4-17-19(13(3)28-25-17)24-21(27)15-11-18(14-9-7-6-8-10-14)23-20-16(15)12-22-26(20)5-2/h6-12H,4-5H2,1-3H3,(H,24,27). The highest BCUT2D eigenvalue weighted by Gasteiger charge is 2.20. The van der Waals surface area contributed by atoms with Crippen LogP contribution in [0.15, 0.2) is 47.1 Å². The number of anilines is 1. The Balaban J connectivity index is 1.84. The number of fused-ring (bicyclic) bond motifs is 1. The molecule has 7 heteroatoms. The third-order valence-corrected chi connectivity index (χ3v) is 4.73. The van der Waals surface area contributed by atoms with Gasteiger partial charge in [0.25, 0.3) is 5.91 Å². The summed E-state index contributed by atoms with van der Waals surface area (Å²) in [6.45, 7) is 6.42. The first-order chi connectivity index (χ1) is 13.6. The Morgan fingerprint density at radius 3 is 2.71 bits per heavy atom. The number of nitrogens with zero attached hydrogens (tertiary/aromatic N) is 4. The van der Waals surface area contributed by atoms with Crippen molar-refractivity contribution in [3.8, 4) is 11.3 Å². The van der Waals surface area contributed by atoms with E-state index in [0.717, 1.165) is 17.0 Å². The van der Waals surface area contributed by atoms with E-state index in [2.05, 4.69) is 15.6 Å². The lowest BCUT2D eigenvalue weighted by Crippen LogP contribution is -2.14. The summed E-state index contributed by atoms with van der Waals surface area (Å²) < 4.78 is 7.02. The maximum absolute atomic E-state index is 13.2. The van der Waals surface area contributed by atoms with Crippen LogP contribution in [0.2, 0.25) is 0 Å². The van der Waals surface area contributed by atoms with Crippen LogP contribution in [0.3, 0.4) is 0 Å². The number of carbonyl (C=O) groups is 1. The van der Waals surface area contributed by atoms with Crippen LogP contribution in [0.4, 0.5) is 5.69 Å². The van der Waals surface area contributed by atoms with E-state index in [1.807, 2.05) is 50.2 Å². The average Bonchev–Trinajstić information content (AvgIpc) is 3.31. The number of benzene rings is 1. The fourth-order valence-corrected chi connectivity index (χ4v) is 3.22. The fourth-order valence-electron chi connectivity index (χ4n) is 3.22. The van der Waals surface area contributed by atoms with E-state index in [0.29, 0.717) is 41.0 Å². The highest BCUT2D eigenvalue weighted by atomic mass is 16.5. The summed E-state index contributed by atoms with van der Waals surface area (Å²) in [6.07, 6.45) is 2.36. The van der Waals surface area contributed by atoms with Gasteiger partial charge < -0.3 is 9.84 Å². The second-order valence-electron chi connectivity index (χ2n) is 6.49. The van der Waals surface area contributed by atoms with E-state index in [1.165, 1.54) is 0 Å². The molecule has 1 aromatic carbocycles. The first-order valence-corrected chi connectivity index (χ1v) is 9.30. The molecule has 0 bridgehead atoms. The largest absolute Gasteiger partial charge is 0.359 e. The summed E-state index contributed by atoms with van der Waals surface area (Å²) in [5, 5.41) is 12.1. The topological polar surface area (TPSA) is 85.8 Å². The molecule has 142 valence electrons. The molecule has 4 aromatic rings. The predicted molar refractivity (Wildman–Crippen MR) is 107 cm³/mol. The summed E-state index contributed by atoms with van der Waals surface area (Å²) in [7, 11) is 0. The summed E-state index contributed by atoms with van der Waals surface area (Å²) in [5.74, 6) is 0.351. The van der Waals surface area contributed by atoms with Crippen molar-refractivity contribution in [1.82, 2.24) is 19.9 Å². The summed E-state index contributed by atoms with van der Waals surface area (Å²) >= 11 is 0. The van der Waals surface area contributed by atoms with Gasteiger partial charge in [-0.05, 0) is 26.3 Å². The number of pyridine rings is 1. The zero-order valence-electron chi connectivity index (χ0n) is 16.1. The van der Waals surface area contributed by atoms with E-state index in [9.17, 15) is 4.79 Å². The molecule has 0 saturated carbocycles. The molecule has 1 amide bonds. The van der Waals surface area contributed by atoms with Crippen molar-refractivity contribution >= 4 is 22.6 Å². The number of hydrogen-bond acceptors (Lipinski definition) is 5. The van der Waals surface area contributed by atoms with Crippen LogP contribution in [-0.2, 0) is 13.0 Å². The molecular formula is C21H21N5O2. The van der Waals surface area contributed by atoms with Gasteiger partial charge in [0.1, 0.15) is 11.4 Å². The highest BCUT2D eigenvalue weighted by molar-refractivity contribution is 6.13. The molecular weight excluding hydrogens is 354 g/mol. The van der Waals surface area contributed by atoms with Crippen LogP contribution in [0.1, 0.15) is 35.7 Å². The van der Waals surface area contributed by atoms with Gasteiger partial charge in [0, 0.05) is 12.1 Å². The van der Waals surface area contributed by atoms with Gasteiger partial charge in [-0.15, -0.1) is 0 Å². The van der Waals surface area contributed by atoms with Gasteiger partial charge in [-0.25, -0.2) is 9.67 Å². The van der Waals surface area contributed by atoms with Gasteiger partial charge in [0.2, 0.25) is 0 Å². The van der Waals surface area contributed by atoms with Crippen molar-refractivity contribution < 1.29 is 9.32 Å². The number of amides is 1. The zero-order valence-corrected chi connectivity index (χ0v) is 16.1. The van der Waals surface area contributed by atoms with Gasteiger partial charge >= 0.3 is 0 Å². The molecule has 0 spiro atoms. The van der Waals surface area contributed by atoms with Crippen molar-refractivity contribution in [1.29, 1.82) is 0 Å². The molecule has 0 aliphatic carbocycles. The Morgan fingerprint density at radius 2 is 2.00 bits per heavy atom. The molecule has 0 aliphatic rings. The maximum atomic E-state index is 13.2. The maximum Gasteiger partial charge on any atom is 0.256 e. The number of rotatable bonds is 5. The smallest absolute Gasteiger partial charge is 0.256 e. The SMILES string of the molecule is CCc1noc(C)c1NC(=O)c1cc(-c2ccccc2)nc2c1cnn2CC. The normalized spacial score (nSPS) is 11.1. The molecule has 0 unspecified atom stereocenters. The van der Waals surface area contributed by atoms with Crippen LogP contribution < -0.4 is 5.32 Å². The van der Waals surface area contributed by atoms with Crippen molar-refractivity contribution in [3.05, 3.63) is 59.6 Å². The van der Waals surface area contributed by atoms with E-state index >= 15 is 0 Å². The molecule has 0 fully saturated rings. The monoisotopic (exact) mass is 375 g/mol. The van der Waals surface area contributed by atoms with E-state index < -0.39 is 0 Å². The Kier molecular flexibility index (Phi) is 4.65. The lowest BCUT2D eigenvalue weighted by molar-refractivity contribution is 0.102. The minimum atomic E-state index is -0.235. The molecule has 7 nitrogen and oxygen atoms in total. The van der Waals surface area contributed by atoms with E-state index in [4.69, 9.17) is 9.51 Å². The van der Waals surface area contributed by atoms with Gasteiger partial charge in [0.15, 0.2) is 11.4 Å². The quantitative estimate of drug-likeness (QED) is 0.564. The number of aromatic nitrogens is 4. The molecule has 0 saturated heterocycles. The fraction of sp³-hybridized carbons (Fsp3) is 0.238. The van der Waals surface area contributed by atoms with Gasteiger partial charge in [-0.3, -0.25) is 4.79 Å². The summed E-state index contributed by atoms with van der Waals surface area (Å²) in [6, 6.07) is 11.6. The number of aryl methyl sites for hydroxylation is 3. The van der Waals surface area contributed by atoms with Gasteiger partial charge in [0.05, 0.1) is 22.8 Å². The van der Waals surface area contributed by atoms with Crippen LogP contribution >= 0.6 is 0 Å². The molecule has 3 heterocycles. The van der Waals surface area contributed by atoms with Crippen molar-refractivity contribution in [2.75, 3.05) is 5.32 Å². The molecule has 28 heavy (non-hydrogen) atoms. The van der Waals surface area contributed by atoms with Crippen LogP contribution in [0.25, 0.3) is 22.3 Å². The number of hydrogen-bond donors (Lipinski definition) is 1. The third kappa shape index (κ3) is 3.05. The number of carbonyl (C=O) groups excluding carboxylic acids is 1. The van der Waals surface area contributed by atoms with Gasteiger partial charge in [-0.1, -0.05) is 42.4 Å². The van der Waals surface area contributed by atoms with E-state index in [1.54, 1.807) is 17.8 Å². The van der Waals surface area contributed by atoms with Crippen molar-refractivity contribution in [2.24, 2.45) is 0 Å². The number of nitrogens with one attached hydrogen (secondary N) is 1. The minimum absolute atomic E-state index is 0.235. The second kappa shape index (κ2) is 7.26. The molecule has 1 N–H and O–H groups in total. The highest BCUT2D eigenvalue weighted by Crippen LogP contribution is 2.27. The molecule has 3 aromatic heterocycles. The van der Waals surface area contributed by atoms with Crippen molar-refractivity contribution in [2.45, 2.75) is 33.7 Å². The van der Waals surface area contributed by atoms with Crippen LogP contribution in [0, 0.1) is 6.92 Å². The van der Waals surface area contributed by atoms with Crippen LogP contribution in [-0.4, -0.2) is 25.8 Å². The lowest BCUT2D eigenvalue weighted by atomic mass is 10.1. The zero-order chi connectivity index (χ0) is 19.7. The van der Waals surface area contributed by atoms with Gasteiger partial charge in [-0.2, -0.15) is 5.10 Å². The lowest BCUT2D eigenvalue weighted by Gasteiger charge is -2.09. The Labute approximate surface area is 162 Å². The average molecular weight is 375 g/mol. The second-order valence-corrected chi connectivity index (χ2v) is 6.49. The Hall–Kier alpha value is -3.48. The first kappa shape index (κ1) is 17.9. The Bertz CT molecular complexity index is 1140.